The van der Waals surface area contributed by atoms with Gasteiger partial charge in [0.1, 0.15) is 5.76 Å². The first-order chi connectivity index (χ1) is 11.1. The highest BCUT2D eigenvalue weighted by molar-refractivity contribution is 6.04. The van der Waals surface area contributed by atoms with E-state index >= 15 is 0 Å². The number of likely N-dealkylation sites (tertiary alicyclic amines) is 1. The van der Waals surface area contributed by atoms with Crippen LogP contribution in [0.3, 0.4) is 0 Å². The summed E-state index contributed by atoms with van der Waals surface area (Å²) in [5.74, 6) is 0.753. The van der Waals surface area contributed by atoms with E-state index in [-0.39, 0.29) is 11.8 Å². The van der Waals surface area contributed by atoms with Crippen molar-refractivity contribution in [2.24, 2.45) is 0 Å². The van der Waals surface area contributed by atoms with Crippen LogP contribution in [0.4, 0.5) is 5.82 Å². The van der Waals surface area contributed by atoms with Crippen molar-refractivity contribution < 1.29 is 14.1 Å². The molecule has 0 bridgehead atoms. The van der Waals surface area contributed by atoms with Crippen LogP contribution in [0.1, 0.15) is 45.7 Å². The lowest BCUT2D eigenvalue weighted by Crippen LogP contribution is -2.35. The first-order valence-corrected chi connectivity index (χ1v) is 7.77. The van der Waals surface area contributed by atoms with Crippen molar-refractivity contribution in [3.8, 4) is 0 Å². The molecule has 1 aromatic carbocycles. The summed E-state index contributed by atoms with van der Waals surface area (Å²) in [5, 5.41) is 6.37. The molecular weight excluding hydrogens is 294 g/mol. The Morgan fingerprint density at radius 2 is 1.74 bits per heavy atom. The molecule has 1 saturated heterocycles. The quantitative estimate of drug-likeness (QED) is 0.945. The average molecular weight is 313 g/mol. The van der Waals surface area contributed by atoms with Gasteiger partial charge in [0, 0.05) is 30.3 Å². The number of nitrogens with zero attached hydrogens (tertiary/aromatic N) is 2. The molecule has 0 aliphatic carbocycles. The molecule has 1 fully saturated rings. The second-order valence-electron chi connectivity index (χ2n) is 5.71. The molecule has 0 radical (unpaired) electrons. The Balaban J connectivity index is 1.66. The zero-order valence-corrected chi connectivity index (χ0v) is 13.0. The predicted molar refractivity (Wildman–Crippen MR) is 85.4 cm³/mol. The fourth-order valence-electron chi connectivity index (χ4n) is 2.66. The van der Waals surface area contributed by atoms with Gasteiger partial charge in [-0.05, 0) is 50.5 Å². The third-order valence-electron chi connectivity index (χ3n) is 3.91. The molecule has 120 valence electrons. The maximum Gasteiger partial charge on any atom is 0.256 e. The first-order valence-electron chi connectivity index (χ1n) is 7.77. The molecule has 0 unspecified atom stereocenters. The van der Waals surface area contributed by atoms with Crippen LogP contribution in [0, 0.1) is 6.92 Å². The molecule has 2 aromatic rings. The summed E-state index contributed by atoms with van der Waals surface area (Å²) in [5.41, 5.74) is 1.08. The number of carbonyl (C=O) groups is 2. The third-order valence-corrected chi connectivity index (χ3v) is 3.91. The zero-order valence-electron chi connectivity index (χ0n) is 13.0. The Morgan fingerprint density at radius 1 is 1.09 bits per heavy atom. The standard InChI is InChI=1S/C17H19N3O3/c1-12-11-15(19-23-12)18-16(21)13-5-7-14(8-6-13)17(22)20-9-3-2-4-10-20/h5-8,11H,2-4,9-10H2,1H3,(H,18,19,21). The fourth-order valence-corrected chi connectivity index (χ4v) is 2.66. The number of hydrogen-bond acceptors (Lipinski definition) is 4. The SMILES string of the molecule is Cc1cc(NC(=O)c2ccc(C(=O)N3CCCCC3)cc2)no1. The van der Waals surface area contributed by atoms with Gasteiger partial charge < -0.3 is 14.7 Å². The molecular formula is C17H19N3O3. The van der Waals surface area contributed by atoms with E-state index in [0.29, 0.717) is 22.7 Å². The summed E-state index contributed by atoms with van der Waals surface area (Å²) < 4.78 is 4.90. The molecule has 2 amide bonds. The number of anilines is 1. The maximum absolute atomic E-state index is 12.4. The van der Waals surface area contributed by atoms with Gasteiger partial charge in [0.2, 0.25) is 0 Å². The highest BCUT2D eigenvalue weighted by Crippen LogP contribution is 2.15. The monoisotopic (exact) mass is 313 g/mol. The van der Waals surface area contributed by atoms with Gasteiger partial charge in [0.05, 0.1) is 0 Å². The molecule has 0 saturated carbocycles. The minimum Gasteiger partial charge on any atom is -0.360 e. The van der Waals surface area contributed by atoms with E-state index in [4.69, 9.17) is 4.52 Å². The van der Waals surface area contributed by atoms with Crippen LogP contribution in [-0.4, -0.2) is 35.0 Å². The largest absolute Gasteiger partial charge is 0.360 e. The number of rotatable bonds is 3. The summed E-state index contributed by atoms with van der Waals surface area (Å²) in [6.45, 7) is 3.38. The van der Waals surface area contributed by atoms with Crippen molar-refractivity contribution in [1.29, 1.82) is 0 Å². The molecule has 1 aliphatic rings. The van der Waals surface area contributed by atoms with Gasteiger partial charge in [-0.15, -0.1) is 0 Å². The highest BCUT2D eigenvalue weighted by atomic mass is 16.5. The number of hydrogen-bond donors (Lipinski definition) is 1. The van der Waals surface area contributed by atoms with Gasteiger partial charge in [0.25, 0.3) is 11.8 Å². The Bertz CT molecular complexity index is 700. The van der Waals surface area contributed by atoms with Gasteiger partial charge in [-0.25, -0.2) is 0 Å². The van der Waals surface area contributed by atoms with Gasteiger partial charge in [-0.1, -0.05) is 5.16 Å². The van der Waals surface area contributed by atoms with E-state index < -0.39 is 0 Å². The predicted octanol–water partition coefficient (Wildman–Crippen LogP) is 2.86. The fraction of sp³-hybridized carbons (Fsp3) is 0.353. The van der Waals surface area contributed by atoms with E-state index in [1.807, 2.05) is 4.90 Å². The Kier molecular flexibility index (Phi) is 4.41. The van der Waals surface area contributed by atoms with Crippen LogP contribution in [-0.2, 0) is 0 Å². The molecule has 6 heteroatoms. The molecule has 1 aliphatic heterocycles. The van der Waals surface area contributed by atoms with Crippen molar-refractivity contribution in [3.63, 3.8) is 0 Å². The van der Waals surface area contributed by atoms with Crippen LogP contribution in [0.15, 0.2) is 34.9 Å². The normalized spacial score (nSPS) is 14.6. The van der Waals surface area contributed by atoms with Crippen LogP contribution < -0.4 is 5.32 Å². The summed E-state index contributed by atoms with van der Waals surface area (Å²) in [4.78, 5) is 26.4. The van der Waals surface area contributed by atoms with E-state index in [1.165, 1.54) is 6.42 Å². The van der Waals surface area contributed by atoms with Crippen molar-refractivity contribution >= 4 is 17.6 Å². The van der Waals surface area contributed by atoms with Crippen molar-refractivity contribution in [2.75, 3.05) is 18.4 Å². The van der Waals surface area contributed by atoms with Gasteiger partial charge in [-0.2, -0.15) is 0 Å². The third kappa shape index (κ3) is 3.59. The van der Waals surface area contributed by atoms with E-state index in [9.17, 15) is 9.59 Å². The minimum absolute atomic E-state index is 0.0313. The Hall–Kier alpha value is -2.63. The van der Waals surface area contributed by atoms with Crippen molar-refractivity contribution in [3.05, 3.63) is 47.2 Å². The van der Waals surface area contributed by atoms with Crippen LogP contribution in [0.5, 0.6) is 0 Å². The van der Waals surface area contributed by atoms with E-state index in [0.717, 1.165) is 25.9 Å². The smallest absolute Gasteiger partial charge is 0.256 e. The van der Waals surface area contributed by atoms with E-state index in [2.05, 4.69) is 10.5 Å². The van der Waals surface area contributed by atoms with Crippen LogP contribution >= 0.6 is 0 Å². The maximum atomic E-state index is 12.4. The second kappa shape index (κ2) is 6.64. The molecule has 23 heavy (non-hydrogen) atoms. The van der Waals surface area contributed by atoms with E-state index in [1.54, 1.807) is 37.3 Å². The molecule has 3 rings (SSSR count). The molecule has 0 spiro atoms. The number of nitrogens with one attached hydrogen (secondary N) is 1. The number of benzene rings is 1. The average Bonchev–Trinajstić information content (AvgIpc) is 3.00. The lowest BCUT2D eigenvalue weighted by atomic mass is 10.1. The van der Waals surface area contributed by atoms with Gasteiger partial charge >= 0.3 is 0 Å². The topological polar surface area (TPSA) is 75.4 Å². The Labute approximate surface area is 134 Å². The van der Waals surface area contributed by atoms with Gasteiger partial charge in [0.15, 0.2) is 5.82 Å². The number of aromatic nitrogens is 1. The molecule has 1 aromatic heterocycles. The lowest BCUT2D eigenvalue weighted by molar-refractivity contribution is 0.0724. The second-order valence-corrected chi connectivity index (χ2v) is 5.71. The number of carbonyl (C=O) groups excluding carboxylic acids is 2. The molecule has 6 nitrogen and oxygen atoms in total. The summed E-state index contributed by atoms with van der Waals surface area (Å²) in [6.07, 6.45) is 3.30. The number of amides is 2. The molecule has 0 atom stereocenters. The van der Waals surface area contributed by atoms with Crippen molar-refractivity contribution in [1.82, 2.24) is 10.1 Å². The molecule has 1 N–H and O–H groups in total. The first kappa shape index (κ1) is 15.3. The zero-order chi connectivity index (χ0) is 16.2. The minimum atomic E-state index is -0.282. The van der Waals surface area contributed by atoms with Crippen LogP contribution in [0.2, 0.25) is 0 Å². The summed E-state index contributed by atoms with van der Waals surface area (Å²) in [7, 11) is 0. The lowest BCUT2D eigenvalue weighted by Gasteiger charge is -2.26. The summed E-state index contributed by atoms with van der Waals surface area (Å²) in [6, 6.07) is 8.34. The summed E-state index contributed by atoms with van der Waals surface area (Å²) >= 11 is 0. The number of aryl methyl sites for hydroxylation is 1. The number of piperidine rings is 1. The van der Waals surface area contributed by atoms with Crippen molar-refractivity contribution in [2.45, 2.75) is 26.2 Å². The molecule has 2 heterocycles. The highest BCUT2D eigenvalue weighted by Gasteiger charge is 2.18. The van der Waals surface area contributed by atoms with Crippen LogP contribution in [0.25, 0.3) is 0 Å². The van der Waals surface area contributed by atoms with Gasteiger partial charge in [-0.3, -0.25) is 9.59 Å². The Morgan fingerprint density at radius 3 is 2.35 bits per heavy atom.